The Bertz CT molecular complexity index is 1070. The van der Waals surface area contributed by atoms with E-state index in [1.807, 2.05) is 4.72 Å². The first-order valence-corrected chi connectivity index (χ1v) is 10.1. The highest BCUT2D eigenvalue weighted by atomic mass is 32.2. The minimum Gasteiger partial charge on any atom is -0.447 e. The number of benzene rings is 2. The third kappa shape index (κ3) is 5.07. The Morgan fingerprint density at radius 2 is 1.87 bits per heavy atom. The average Bonchev–Trinajstić information content (AvgIpc) is 3.12. The molecule has 2 amide bonds. The Morgan fingerprint density at radius 1 is 1.13 bits per heavy atom. The first-order valence-electron chi connectivity index (χ1n) is 8.57. The number of halogens is 3. The lowest BCUT2D eigenvalue weighted by molar-refractivity contribution is -0.137. The van der Waals surface area contributed by atoms with Crippen molar-refractivity contribution < 1.29 is 35.9 Å². The predicted molar refractivity (Wildman–Crippen MR) is 100 cm³/mol. The molecule has 2 aromatic rings. The summed E-state index contributed by atoms with van der Waals surface area (Å²) in [6.07, 6.45) is -5.22. The largest absolute Gasteiger partial charge is 0.447 e. The molecule has 0 radical (unpaired) electrons. The predicted octanol–water partition coefficient (Wildman–Crippen LogP) is 2.58. The molecule has 160 valence electrons. The molecule has 0 bridgehead atoms. The molecule has 1 heterocycles. The molecule has 0 spiro atoms. The molecule has 30 heavy (non-hydrogen) atoms. The first kappa shape index (κ1) is 21.6. The summed E-state index contributed by atoms with van der Waals surface area (Å²) in [5.41, 5.74) is -0.331. The maximum absolute atomic E-state index is 12.8. The van der Waals surface area contributed by atoms with Gasteiger partial charge in [0, 0.05) is 11.4 Å². The summed E-state index contributed by atoms with van der Waals surface area (Å²) in [5, 5.41) is 2.46. The van der Waals surface area contributed by atoms with Crippen LogP contribution in [0, 0.1) is 0 Å². The van der Waals surface area contributed by atoms with Crippen LogP contribution in [0.1, 0.15) is 5.56 Å². The molecule has 2 N–H and O–H groups in total. The fourth-order valence-electron chi connectivity index (χ4n) is 2.67. The first-order chi connectivity index (χ1) is 14.1. The summed E-state index contributed by atoms with van der Waals surface area (Å²) in [6, 6.07) is 9.45. The van der Waals surface area contributed by atoms with Gasteiger partial charge in [-0.25, -0.2) is 17.9 Å². The van der Waals surface area contributed by atoms with E-state index in [1.165, 1.54) is 17.0 Å². The second kappa shape index (κ2) is 8.32. The van der Waals surface area contributed by atoms with Crippen molar-refractivity contribution in [3.8, 4) is 0 Å². The molecule has 0 saturated carbocycles. The topological polar surface area (TPSA) is 105 Å². The number of carbonyl (C=O) groups excluding carboxylic acids is 2. The zero-order valence-electron chi connectivity index (χ0n) is 15.3. The van der Waals surface area contributed by atoms with E-state index in [2.05, 4.69) is 5.32 Å². The molecule has 0 aromatic heterocycles. The van der Waals surface area contributed by atoms with Gasteiger partial charge >= 0.3 is 12.3 Å². The van der Waals surface area contributed by atoms with Crippen LogP contribution in [0.2, 0.25) is 0 Å². The Kier molecular flexibility index (Phi) is 5.99. The number of nitrogens with one attached hydrogen (secondary N) is 2. The van der Waals surface area contributed by atoms with Crippen molar-refractivity contribution in [2.45, 2.75) is 11.1 Å². The number of amides is 2. The van der Waals surface area contributed by atoms with Crippen LogP contribution < -0.4 is 14.9 Å². The van der Waals surface area contributed by atoms with E-state index in [9.17, 15) is 31.2 Å². The van der Waals surface area contributed by atoms with E-state index in [0.29, 0.717) is 24.0 Å². The van der Waals surface area contributed by atoms with Crippen molar-refractivity contribution >= 4 is 33.4 Å². The zero-order valence-corrected chi connectivity index (χ0v) is 16.1. The average molecular weight is 443 g/mol. The monoisotopic (exact) mass is 443 g/mol. The summed E-state index contributed by atoms with van der Waals surface area (Å²) in [7, 11) is -4.34. The molecule has 0 atom stereocenters. The van der Waals surface area contributed by atoms with Crippen molar-refractivity contribution in [3.05, 3.63) is 54.1 Å². The van der Waals surface area contributed by atoms with Gasteiger partial charge in [-0.05, 0) is 36.4 Å². The molecular formula is C18H16F3N3O5S. The summed E-state index contributed by atoms with van der Waals surface area (Å²) in [5.74, 6) is -0.744. The van der Waals surface area contributed by atoms with Crippen LogP contribution in [-0.2, 0) is 25.7 Å². The molecule has 3 rings (SSSR count). The van der Waals surface area contributed by atoms with E-state index in [-0.39, 0.29) is 6.61 Å². The minimum atomic E-state index is -4.70. The van der Waals surface area contributed by atoms with Crippen molar-refractivity contribution in [3.63, 3.8) is 0 Å². The van der Waals surface area contributed by atoms with Gasteiger partial charge in [-0.15, -0.1) is 0 Å². The van der Waals surface area contributed by atoms with E-state index in [4.69, 9.17) is 4.74 Å². The van der Waals surface area contributed by atoms with Gasteiger partial charge in [0.05, 0.1) is 23.5 Å². The molecule has 0 aliphatic carbocycles. The third-order valence-corrected chi connectivity index (χ3v) is 5.50. The van der Waals surface area contributed by atoms with Crippen LogP contribution in [0.15, 0.2) is 53.4 Å². The highest BCUT2D eigenvalue weighted by molar-refractivity contribution is 7.89. The van der Waals surface area contributed by atoms with Gasteiger partial charge in [0.15, 0.2) is 0 Å². The number of ether oxygens (including phenoxy) is 1. The third-order valence-electron chi connectivity index (χ3n) is 4.10. The van der Waals surface area contributed by atoms with Gasteiger partial charge in [-0.1, -0.05) is 12.1 Å². The molecule has 1 aliphatic rings. The number of carbonyl (C=O) groups is 2. The van der Waals surface area contributed by atoms with Gasteiger partial charge in [0.2, 0.25) is 15.9 Å². The highest BCUT2D eigenvalue weighted by Crippen LogP contribution is 2.30. The maximum Gasteiger partial charge on any atom is 0.416 e. The van der Waals surface area contributed by atoms with E-state index in [0.717, 1.165) is 18.2 Å². The highest BCUT2D eigenvalue weighted by Gasteiger charge is 2.31. The molecule has 2 aromatic carbocycles. The fourth-order valence-corrected chi connectivity index (χ4v) is 3.70. The molecule has 0 unspecified atom stereocenters. The van der Waals surface area contributed by atoms with Gasteiger partial charge in [-0.3, -0.25) is 9.69 Å². The lowest BCUT2D eigenvalue weighted by atomic mass is 10.2. The molecule has 1 fully saturated rings. The number of anilines is 2. The quantitative estimate of drug-likeness (QED) is 0.714. The second-order valence-electron chi connectivity index (χ2n) is 6.21. The van der Waals surface area contributed by atoms with Crippen LogP contribution >= 0.6 is 0 Å². The van der Waals surface area contributed by atoms with Crippen molar-refractivity contribution in [2.24, 2.45) is 0 Å². The summed E-state index contributed by atoms with van der Waals surface area (Å²) in [4.78, 5) is 24.5. The Hall–Kier alpha value is -3.12. The standard InChI is InChI=1S/C18H16F3N3O5S/c19-18(20,21)12-3-1-6-15(9-12)30(27,28)22-11-16(25)23-13-4-2-5-14(10-13)24-7-8-29-17(24)26/h1-6,9-10,22H,7-8,11H2,(H,23,25). The van der Waals surface area contributed by atoms with E-state index >= 15 is 0 Å². The van der Waals surface area contributed by atoms with Crippen molar-refractivity contribution in [1.29, 1.82) is 0 Å². The Balaban J connectivity index is 1.64. The van der Waals surface area contributed by atoms with Crippen LogP contribution in [0.4, 0.5) is 29.3 Å². The lowest BCUT2D eigenvalue weighted by Crippen LogP contribution is -2.33. The summed E-state index contributed by atoms with van der Waals surface area (Å²) >= 11 is 0. The summed E-state index contributed by atoms with van der Waals surface area (Å²) in [6.45, 7) is -0.103. The number of alkyl halides is 3. The van der Waals surface area contributed by atoms with E-state index < -0.39 is 45.2 Å². The van der Waals surface area contributed by atoms with Crippen LogP contribution in [0.5, 0.6) is 0 Å². The van der Waals surface area contributed by atoms with Crippen LogP contribution in [0.25, 0.3) is 0 Å². The molecule has 1 saturated heterocycles. The van der Waals surface area contributed by atoms with Crippen molar-refractivity contribution in [2.75, 3.05) is 29.9 Å². The zero-order chi connectivity index (χ0) is 21.9. The number of rotatable bonds is 6. The van der Waals surface area contributed by atoms with Crippen LogP contribution in [-0.4, -0.2) is 40.1 Å². The molecule has 8 nitrogen and oxygen atoms in total. The van der Waals surface area contributed by atoms with E-state index in [1.54, 1.807) is 12.1 Å². The van der Waals surface area contributed by atoms with Crippen molar-refractivity contribution in [1.82, 2.24) is 4.72 Å². The second-order valence-corrected chi connectivity index (χ2v) is 7.98. The Labute approximate surface area is 169 Å². The minimum absolute atomic E-state index is 0.243. The normalized spacial score (nSPS) is 14.5. The number of hydrogen-bond acceptors (Lipinski definition) is 5. The van der Waals surface area contributed by atoms with Gasteiger partial charge in [0.1, 0.15) is 6.61 Å². The molecule has 12 heteroatoms. The number of nitrogens with zero attached hydrogens (tertiary/aromatic N) is 1. The fraction of sp³-hybridized carbons (Fsp3) is 0.222. The number of sulfonamides is 1. The van der Waals surface area contributed by atoms with Gasteiger partial charge in [0.25, 0.3) is 0 Å². The van der Waals surface area contributed by atoms with Crippen LogP contribution in [0.3, 0.4) is 0 Å². The lowest BCUT2D eigenvalue weighted by Gasteiger charge is -2.14. The van der Waals surface area contributed by atoms with Gasteiger partial charge < -0.3 is 10.1 Å². The Morgan fingerprint density at radius 3 is 2.53 bits per heavy atom. The maximum atomic E-state index is 12.8. The molecular weight excluding hydrogens is 427 g/mol. The SMILES string of the molecule is O=C(CNS(=O)(=O)c1cccc(C(F)(F)F)c1)Nc1cccc(N2CCOC2=O)c1. The smallest absolute Gasteiger partial charge is 0.416 e. The van der Waals surface area contributed by atoms with Gasteiger partial charge in [-0.2, -0.15) is 13.2 Å². The summed E-state index contributed by atoms with van der Waals surface area (Å²) < 4.78 is 69.5. The number of cyclic esters (lactones) is 1. The molecule has 1 aliphatic heterocycles. The number of hydrogen-bond donors (Lipinski definition) is 2.